The third-order valence-electron chi connectivity index (χ3n) is 7.80. The molecule has 11 nitrogen and oxygen atoms in total. The molecule has 5 rings (SSSR count). The minimum atomic E-state index is -2.00. The zero-order valence-electron chi connectivity index (χ0n) is 21.1. The predicted octanol–water partition coefficient (Wildman–Crippen LogP) is 1.03. The first kappa shape index (κ1) is 26.3. The van der Waals surface area contributed by atoms with Crippen molar-refractivity contribution in [2.24, 2.45) is 5.73 Å². The molecule has 1 fully saturated rings. The van der Waals surface area contributed by atoms with E-state index >= 15 is 0 Å². The summed E-state index contributed by atoms with van der Waals surface area (Å²) in [5, 5.41) is 44.1. The van der Waals surface area contributed by atoms with Gasteiger partial charge in [-0.2, -0.15) is 0 Å². The summed E-state index contributed by atoms with van der Waals surface area (Å²) in [6.45, 7) is 2.79. The molecular formula is C27H29NO10. The molecule has 6 atom stereocenters. The summed E-state index contributed by atoms with van der Waals surface area (Å²) in [6, 6.07) is 3.75. The van der Waals surface area contributed by atoms with E-state index in [1.807, 2.05) is 0 Å². The van der Waals surface area contributed by atoms with Gasteiger partial charge in [0.2, 0.25) is 5.78 Å². The number of carbonyl (C=O) groups excluding carboxylic acids is 3. The summed E-state index contributed by atoms with van der Waals surface area (Å²) in [4.78, 5) is 39.6. The number of ketones is 3. The highest BCUT2D eigenvalue weighted by molar-refractivity contribution is 6.31. The topological polar surface area (TPSA) is 186 Å². The minimum absolute atomic E-state index is 0.0147. The van der Waals surface area contributed by atoms with Crippen molar-refractivity contribution in [3.8, 4) is 17.2 Å². The number of carbonyl (C=O) groups is 3. The Morgan fingerprint density at radius 3 is 2.45 bits per heavy atom. The molecular weight excluding hydrogens is 498 g/mol. The Labute approximate surface area is 217 Å². The van der Waals surface area contributed by atoms with Gasteiger partial charge in [-0.3, -0.25) is 14.4 Å². The molecule has 0 bridgehead atoms. The van der Waals surface area contributed by atoms with Gasteiger partial charge in [-0.15, -0.1) is 0 Å². The van der Waals surface area contributed by atoms with Gasteiger partial charge in [0.1, 0.15) is 22.8 Å². The van der Waals surface area contributed by atoms with Crippen molar-refractivity contribution in [3.05, 3.63) is 51.6 Å². The van der Waals surface area contributed by atoms with Crippen LogP contribution in [-0.2, 0) is 20.7 Å². The Hall–Kier alpha value is -3.35. The molecule has 6 N–H and O–H groups in total. The maximum Gasteiger partial charge on any atom is 0.202 e. The number of rotatable bonds is 4. The zero-order chi connectivity index (χ0) is 27.7. The molecule has 2 aromatic rings. The Kier molecular flexibility index (Phi) is 6.32. The molecule has 1 heterocycles. The van der Waals surface area contributed by atoms with Crippen LogP contribution in [0.25, 0.3) is 0 Å². The number of aliphatic hydroxyl groups excluding tert-OH is 1. The van der Waals surface area contributed by atoms with Crippen LogP contribution in [0.15, 0.2) is 18.2 Å². The van der Waals surface area contributed by atoms with E-state index in [0.717, 1.165) is 0 Å². The number of phenolic OH excluding ortho intramolecular Hbond substituents is 2. The molecule has 3 aliphatic rings. The van der Waals surface area contributed by atoms with Gasteiger partial charge in [0.15, 0.2) is 17.9 Å². The average molecular weight is 528 g/mol. The minimum Gasteiger partial charge on any atom is -0.507 e. The van der Waals surface area contributed by atoms with Gasteiger partial charge < -0.3 is 40.4 Å². The van der Waals surface area contributed by atoms with Gasteiger partial charge in [-0.1, -0.05) is 12.1 Å². The van der Waals surface area contributed by atoms with Crippen molar-refractivity contribution in [1.82, 2.24) is 0 Å². The normalized spacial score (nSPS) is 30.3. The van der Waals surface area contributed by atoms with Crippen molar-refractivity contribution < 1.29 is 49.0 Å². The summed E-state index contributed by atoms with van der Waals surface area (Å²) in [7, 11) is 1.34. The number of methoxy groups -OCH3 is 1. The number of phenols is 2. The zero-order valence-corrected chi connectivity index (χ0v) is 21.1. The monoisotopic (exact) mass is 527 g/mol. The number of aliphatic hydroxyl groups is 2. The number of nitrogens with two attached hydrogens (primary N) is 1. The molecule has 0 aromatic heterocycles. The molecule has 11 heteroatoms. The smallest absolute Gasteiger partial charge is 0.202 e. The quantitative estimate of drug-likeness (QED) is 0.305. The number of fused-ring (bicyclic) bond motifs is 3. The van der Waals surface area contributed by atoms with E-state index < -0.39 is 82.6 Å². The van der Waals surface area contributed by atoms with E-state index in [0.29, 0.717) is 0 Å². The molecule has 1 saturated heterocycles. The molecule has 0 spiro atoms. The molecule has 1 aliphatic heterocycles. The van der Waals surface area contributed by atoms with Crippen molar-refractivity contribution in [2.75, 3.05) is 7.11 Å². The molecule has 2 aliphatic carbocycles. The fourth-order valence-electron chi connectivity index (χ4n) is 5.66. The average Bonchev–Trinajstić information content (AvgIpc) is 2.87. The maximum atomic E-state index is 13.6. The lowest BCUT2D eigenvalue weighted by Gasteiger charge is -2.42. The summed E-state index contributed by atoms with van der Waals surface area (Å²) in [6.07, 6.45) is -4.53. The van der Waals surface area contributed by atoms with Gasteiger partial charge in [-0.25, -0.2) is 0 Å². The predicted molar refractivity (Wildman–Crippen MR) is 130 cm³/mol. The molecule has 0 unspecified atom stereocenters. The molecule has 38 heavy (non-hydrogen) atoms. The summed E-state index contributed by atoms with van der Waals surface area (Å²) in [5.41, 5.74) is 2.97. The van der Waals surface area contributed by atoms with Crippen LogP contribution >= 0.6 is 0 Å². The summed E-state index contributed by atoms with van der Waals surface area (Å²) < 4.78 is 17.1. The number of aromatic hydroxyl groups is 2. The van der Waals surface area contributed by atoms with Gasteiger partial charge in [0, 0.05) is 42.0 Å². The van der Waals surface area contributed by atoms with Gasteiger partial charge in [0.25, 0.3) is 0 Å². The second-order valence-corrected chi connectivity index (χ2v) is 10.1. The second-order valence-electron chi connectivity index (χ2n) is 10.1. The van der Waals surface area contributed by atoms with Crippen LogP contribution < -0.4 is 10.5 Å². The summed E-state index contributed by atoms with van der Waals surface area (Å²) in [5.74, 6) is -3.18. The van der Waals surface area contributed by atoms with Crippen molar-refractivity contribution in [3.63, 3.8) is 0 Å². The van der Waals surface area contributed by atoms with Crippen molar-refractivity contribution >= 4 is 17.3 Å². The van der Waals surface area contributed by atoms with Crippen LogP contribution in [0, 0.1) is 0 Å². The van der Waals surface area contributed by atoms with Crippen molar-refractivity contribution in [2.45, 2.75) is 69.4 Å². The van der Waals surface area contributed by atoms with E-state index in [2.05, 4.69) is 0 Å². The Morgan fingerprint density at radius 2 is 1.82 bits per heavy atom. The number of hydrogen-bond acceptors (Lipinski definition) is 11. The van der Waals surface area contributed by atoms with Gasteiger partial charge >= 0.3 is 0 Å². The molecule has 2 aromatic carbocycles. The Morgan fingerprint density at radius 1 is 1.13 bits per heavy atom. The second kappa shape index (κ2) is 9.14. The van der Waals surface area contributed by atoms with Crippen LogP contribution in [-0.4, -0.2) is 75.0 Å². The Bertz CT molecular complexity index is 1360. The van der Waals surface area contributed by atoms with E-state index in [1.165, 1.54) is 32.2 Å². The van der Waals surface area contributed by atoms with E-state index in [4.69, 9.17) is 19.9 Å². The third kappa shape index (κ3) is 3.81. The van der Waals surface area contributed by atoms with Crippen LogP contribution in [0.5, 0.6) is 17.2 Å². The molecule has 0 amide bonds. The lowest BCUT2D eigenvalue weighted by molar-refractivity contribution is -0.247. The Balaban J connectivity index is 1.68. The van der Waals surface area contributed by atoms with Crippen LogP contribution in [0.4, 0.5) is 0 Å². The van der Waals surface area contributed by atoms with Crippen LogP contribution in [0.1, 0.15) is 75.8 Å². The van der Waals surface area contributed by atoms with Gasteiger partial charge in [0.05, 0.1) is 42.1 Å². The highest BCUT2D eigenvalue weighted by Crippen LogP contribution is 2.52. The number of Topliss-reactive ketones (excluding diaryl/α,β-unsaturated/α-hetero) is 1. The lowest BCUT2D eigenvalue weighted by atomic mass is 9.72. The van der Waals surface area contributed by atoms with E-state index in [9.17, 15) is 34.8 Å². The molecule has 0 radical (unpaired) electrons. The highest BCUT2D eigenvalue weighted by Gasteiger charge is 2.49. The third-order valence-corrected chi connectivity index (χ3v) is 7.80. The fraction of sp³-hybridized carbons (Fsp3) is 0.444. The van der Waals surface area contributed by atoms with E-state index in [-0.39, 0.29) is 40.8 Å². The summed E-state index contributed by atoms with van der Waals surface area (Å²) >= 11 is 0. The van der Waals surface area contributed by atoms with Crippen molar-refractivity contribution in [1.29, 1.82) is 0 Å². The van der Waals surface area contributed by atoms with Gasteiger partial charge in [-0.05, 0) is 19.9 Å². The van der Waals surface area contributed by atoms with Crippen LogP contribution in [0.2, 0.25) is 0 Å². The molecule has 202 valence electrons. The number of hydrogen-bond donors (Lipinski definition) is 5. The van der Waals surface area contributed by atoms with E-state index in [1.54, 1.807) is 6.92 Å². The SMILES string of the molecule is COc1cccc2c1C(=O)c1c(O)c3c(c(O)c1C2=O)C[C@@](O)(C(C)=O)C[C@@H]3O[C@H]1C[C@H](N)[C@@H](O)[C@@H](C)O1. The lowest BCUT2D eigenvalue weighted by Crippen LogP contribution is -2.52. The molecule has 0 saturated carbocycles. The number of ether oxygens (including phenoxy) is 3. The first-order valence-electron chi connectivity index (χ1n) is 12.2. The largest absolute Gasteiger partial charge is 0.507 e. The highest BCUT2D eigenvalue weighted by atomic mass is 16.7. The van der Waals surface area contributed by atoms with Crippen LogP contribution in [0.3, 0.4) is 0 Å². The number of benzene rings is 2. The first-order chi connectivity index (χ1) is 17.9. The maximum absolute atomic E-state index is 13.6. The first-order valence-corrected chi connectivity index (χ1v) is 12.2. The standard InChI is InChI=1S/C27H29NO10/c1-10-22(30)14(28)7-17(37-10)38-16-9-27(35,11(2)29)8-13-19(16)26(34)21-20(24(13)32)23(31)12-5-4-6-15(36-3)18(12)25(21)33/h4-6,10,14,16-17,22,30,32,34-35H,7-9,28H2,1-3H3/t10-,14+,16+,17+,22+,27+/m1/s1. The fourth-order valence-corrected chi connectivity index (χ4v) is 5.66.